The molecule has 0 spiro atoms. The predicted molar refractivity (Wildman–Crippen MR) is 102 cm³/mol. The van der Waals surface area contributed by atoms with Crippen molar-refractivity contribution in [3.05, 3.63) is 39.4 Å². The molecule has 2 aromatic rings. The number of anilines is 1. The Balaban J connectivity index is 1.85. The molecule has 1 aromatic heterocycles. The van der Waals surface area contributed by atoms with Crippen LogP contribution in [0.2, 0.25) is 0 Å². The first kappa shape index (κ1) is 17.6. The lowest BCUT2D eigenvalue weighted by Gasteiger charge is -2.06. The highest BCUT2D eigenvalue weighted by atomic mass is 35.5. The van der Waals surface area contributed by atoms with Gasteiger partial charge in [-0.25, -0.2) is 9.79 Å². The van der Waals surface area contributed by atoms with Gasteiger partial charge in [0.25, 0.3) is 5.91 Å². The number of carboxylic acid groups (broad SMARTS) is 1. The van der Waals surface area contributed by atoms with Crippen LogP contribution in [0.4, 0.5) is 5.69 Å². The summed E-state index contributed by atoms with van der Waals surface area (Å²) in [6.45, 7) is 3.91. The molecule has 0 saturated carbocycles. The van der Waals surface area contributed by atoms with Crippen molar-refractivity contribution in [2.24, 2.45) is 4.99 Å². The van der Waals surface area contributed by atoms with Gasteiger partial charge in [-0.3, -0.25) is 4.79 Å². The zero-order valence-electron chi connectivity index (χ0n) is 13.9. The van der Waals surface area contributed by atoms with Crippen LogP contribution in [0.25, 0.3) is 10.1 Å². The fourth-order valence-electron chi connectivity index (χ4n) is 2.87. The van der Waals surface area contributed by atoms with E-state index in [4.69, 9.17) is 11.6 Å². The number of nitrogens with zero attached hydrogens (tertiary/aromatic N) is 1. The normalized spacial score (nSPS) is 14.1. The Kier molecular flexibility index (Phi) is 4.92. The van der Waals surface area contributed by atoms with Crippen LogP contribution in [0.15, 0.2) is 33.9 Å². The highest BCUT2D eigenvalue weighted by Gasteiger charge is 2.22. The molecule has 1 aliphatic rings. The lowest BCUT2D eigenvalue weighted by atomic mass is 10.1. The lowest BCUT2D eigenvalue weighted by Crippen LogP contribution is -2.21. The van der Waals surface area contributed by atoms with E-state index in [2.05, 4.69) is 10.3 Å². The first-order valence-corrected chi connectivity index (χ1v) is 9.19. The number of aromatic carboxylic acids is 1. The van der Waals surface area contributed by atoms with Crippen LogP contribution in [0.1, 0.15) is 41.9 Å². The van der Waals surface area contributed by atoms with Gasteiger partial charge in [0, 0.05) is 16.8 Å². The zero-order chi connectivity index (χ0) is 18.1. The summed E-state index contributed by atoms with van der Waals surface area (Å²) in [7, 11) is 0. The van der Waals surface area contributed by atoms with Crippen molar-refractivity contribution in [2.45, 2.75) is 33.1 Å². The van der Waals surface area contributed by atoms with Crippen molar-refractivity contribution < 1.29 is 14.7 Å². The van der Waals surface area contributed by atoms with E-state index in [9.17, 15) is 14.7 Å². The number of amides is 1. The second kappa shape index (κ2) is 6.98. The maximum Gasteiger partial charge on any atom is 0.346 e. The van der Waals surface area contributed by atoms with Gasteiger partial charge in [-0.05, 0) is 41.5 Å². The summed E-state index contributed by atoms with van der Waals surface area (Å²) < 4.78 is 0.839. The van der Waals surface area contributed by atoms with Crippen molar-refractivity contribution in [3.63, 3.8) is 0 Å². The topological polar surface area (TPSA) is 78.8 Å². The van der Waals surface area contributed by atoms with Crippen LogP contribution in [0.5, 0.6) is 0 Å². The van der Waals surface area contributed by atoms with E-state index in [0.717, 1.165) is 27.6 Å². The highest BCUT2D eigenvalue weighted by Crippen LogP contribution is 2.34. The summed E-state index contributed by atoms with van der Waals surface area (Å²) in [4.78, 5) is 28.2. The third-order valence-corrected chi connectivity index (χ3v) is 5.73. The average Bonchev–Trinajstić information content (AvgIpc) is 3.14. The van der Waals surface area contributed by atoms with Gasteiger partial charge in [-0.2, -0.15) is 0 Å². The number of fused-ring (bicyclic) bond motifs is 1. The van der Waals surface area contributed by atoms with E-state index in [0.29, 0.717) is 34.3 Å². The zero-order valence-corrected chi connectivity index (χ0v) is 15.4. The summed E-state index contributed by atoms with van der Waals surface area (Å²) in [6.07, 6.45) is 1.87. The maximum absolute atomic E-state index is 12.4. The van der Waals surface area contributed by atoms with Crippen molar-refractivity contribution in [2.75, 3.05) is 5.32 Å². The van der Waals surface area contributed by atoms with Gasteiger partial charge in [0.15, 0.2) is 0 Å². The highest BCUT2D eigenvalue weighted by molar-refractivity contribution is 7.21. The number of benzene rings is 1. The third-order valence-electron chi connectivity index (χ3n) is 4.19. The molecule has 0 radical (unpaired) electrons. The predicted octanol–water partition coefficient (Wildman–Crippen LogP) is 4.81. The number of hydrogen-bond acceptors (Lipinski definition) is 4. The van der Waals surface area contributed by atoms with Crippen LogP contribution in [0.3, 0.4) is 0 Å². The maximum atomic E-state index is 12.4. The van der Waals surface area contributed by atoms with Crippen molar-refractivity contribution in [1.82, 2.24) is 0 Å². The molecule has 25 heavy (non-hydrogen) atoms. The number of halogens is 1. The monoisotopic (exact) mass is 376 g/mol. The molecule has 7 heteroatoms. The molecule has 0 unspecified atom stereocenters. The number of carbonyl (C=O) groups excluding carboxylic acids is 1. The molecular weight excluding hydrogens is 360 g/mol. The smallest absolute Gasteiger partial charge is 0.346 e. The molecule has 1 aromatic carbocycles. The molecule has 1 aliphatic heterocycles. The number of allylic oxidation sites excluding steroid dienone is 1. The number of nitrogens with one attached hydrogen (secondary N) is 1. The Morgan fingerprint density at radius 3 is 2.68 bits per heavy atom. The minimum Gasteiger partial charge on any atom is -0.477 e. The first-order valence-electron chi connectivity index (χ1n) is 7.99. The molecule has 1 amide bonds. The Hall–Kier alpha value is -2.18. The first-order chi connectivity index (χ1) is 11.9. The quantitative estimate of drug-likeness (QED) is 0.735. The number of hydrogen-bond donors (Lipinski definition) is 2. The Morgan fingerprint density at radius 2 is 2.08 bits per heavy atom. The summed E-state index contributed by atoms with van der Waals surface area (Å²) >= 11 is 7.25. The van der Waals surface area contributed by atoms with Gasteiger partial charge < -0.3 is 10.4 Å². The standard InChI is InChI=1S/C18H17ClN2O3S/c1-3-9-7-13(21-16(9)19)17(22)20-10-5-6-12-11(4-2)15(18(23)24)25-14(12)8-10/h5-6,8H,3-4,7H2,1-2H3,(H,20,22)(H,23,24). The number of aryl methyl sites for hydroxylation is 1. The average molecular weight is 377 g/mol. The van der Waals surface area contributed by atoms with Crippen LogP contribution >= 0.6 is 22.9 Å². The van der Waals surface area contributed by atoms with E-state index in [1.165, 1.54) is 11.3 Å². The van der Waals surface area contributed by atoms with Gasteiger partial charge in [0.1, 0.15) is 15.7 Å². The fraction of sp³-hybridized carbons (Fsp3) is 0.278. The second-order valence-electron chi connectivity index (χ2n) is 5.72. The van der Waals surface area contributed by atoms with Crippen LogP contribution in [0, 0.1) is 0 Å². The molecule has 0 bridgehead atoms. The fourth-order valence-corrected chi connectivity index (χ4v) is 4.34. The molecule has 130 valence electrons. The minimum absolute atomic E-state index is 0.285. The molecule has 0 saturated heterocycles. The number of thiophene rings is 1. The van der Waals surface area contributed by atoms with Gasteiger partial charge in [0.05, 0.1) is 0 Å². The SMILES string of the molecule is CCC1=C(Cl)N=C(C(=O)Nc2ccc3c(CC)c(C(=O)O)sc3c2)C1. The van der Waals surface area contributed by atoms with E-state index in [-0.39, 0.29) is 5.91 Å². The molecule has 2 N–H and O–H groups in total. The molecule has 0 fully saturated rings. The van der Waals surface area contributed by atoms with Gasteiger partial charge in [-0.15, -0.1) is 11.3 Å². The van der Waals surface area contributed by atoms with Crippen molar-refractivity contribution in [1.29, 1.82) is 0 Å². The van der Waals surface area contributed by atoms with E-state index in [1.54, 1.807) is 12.1 Å². The molecule has 5 nitrogen and oxygen atoms in total. The van der Waals surface area contributed by atoms with Crippen molar-refractivity contribution in [3.8, 4) is 0 Å². The summed E-state index contributed by atoms with van der Waals surface area (Å²) in [5, 5.41) is 13.5. The van der Waals surface area contributed by atoms with Crippen LogP contribution in [-0.4, -0.2) is 22.7 Å². The lowest BCUT2D eigenvalue weighted by molar-refractivity contribution is -0.110. The molecule has 0 atom stereocenters. The number of aliphatic imine (C=N–C) groups is 1. The van der Waals surface area contributed by atoms with Gasteiger partial charge in [-0.1, -0.05) is 31.5 Å². The van der Waals surface area contributed by atoms with Gasteiger partial charge >= 0.3 is 5.97 Å². The van der Waals surface area contributed by atoms with Gasteiger partial charge in [0.2, 0.25) is 0 Å². The third kappa shape index (κ3) is 3.32. The summed E-state index contributed by atoms with van der Waals surface area (Å²) in [5.41, 5.74) is 2.80. The van der Waals surface area contributed by atoms with E-state index >= 15 is 0 Å². The van der Waals surface area contributed by atoms with Crippen molar-refractivity contribution >= 4 is 56.3 Å². The molecule has 3 rings (SSSR count). The number of rotatable bonds is 5. The van der Waals surface area contributed by atoms with Crippen LogP contribution in [-0.2, 0) is 11.2 Å². The molecule has 0 aliphatic carbocycles. The molecular formula is C18H17ClN2O3S. The number of carboxylic acids is 1. The summed E-state index contributed by atoms with van der Waals surface area (Å²) in [5.74, 6) is -1.21. The second-order valence-corrected chi connectivity index (χ2v) is 7.13. The van der Waals surface area contributed by atoms with E-state index in [1.807, 2.05) is 19.9 Å². The summed E-state index contributed by atoms with van der Waals surface area (Å²) in [6, 6.07) is 5.43. The minimum atomic E-state index is -0.920. The molecule has 2 heterocycles. The Labute approximate surface area is 154 Å². The Morgan fingerprint density at radius 1 is 1.32 bits per heavy atom. The largest absolute Gasteiger partial charge is 0.477 e. The van der Waals surface area contributed by atoms with E-state index < -0.39 is 5.97 Å². The van der Waals surface area contributed by atoms with Crippen LogP contribution < -0.4 is 5.32 Å². The Bertz CT molecular complexity index is 943. The number of carbonyl (C=O) groups is 2.